The molecule has 2 aromatic carbocycles. The van der Waals surface area contributed by atoms with Crippen LogP contribution in [-0.2, 0) is 14.8 Å². The Bertz CT molecular complexity index is 818. The van der Waals surface area contributed by atoms with E-state index in [1.54, 1.807) is 62.6 Å². The first-order chi connectivity index (χ1) is 11.8. The average molecular weight is 363 g/mol. The van der Waals surface area contributed by atoms with Crippen LogP contribution in [0.4, 0.5) is 17.1 Å². The van der Waals surface area contributed by atoms with E-state index in [1.165, 1.54) is 0 Å². The molecule has 0 aliphatic rings. The highest BCUT2D eigenvalue weighted by Gasteiger charge is 2.13. The van der Waals surface area contributed by atoms with Crippen LogP contribution in [0.1, 0.15) is 6.92 Å². The standard InChI is InChI=1S/C17H21N3O4S/c1-12(17(21)19-14-8-10-16(24-2)11-9-14)18-13-4-6-15(7-5-13)20-25(3,22)23/h4-12,18,20H,1-3H3,(H,19,21). The molecule has 3 N–H and O–H groups in total. The highest BCUT2D eigenvalue weighted by Crippen LogP contribution is 2.17. The highest BCUT2D eigenvalue weighted by atomic mass is 32.2. The molecule has 2 aromatic rings. The van der Waals surface area contributed by atoms with Gasteiger partial charge >= 0.3 is 0 Å². The monoisotopic (exact) mass is 363 g/mol. The fraction of sp³-hybridized carbons (Fsp3) is 0.235. The van der Waals surface area contributed by atoms with Crippen LogP contribution in [0.25, 0.3) is 0 Å². The number of anilines is 3. The molecule has 0 saturated heterocycles. The molecule has 0 saturated carbocycles. The van der Waals surface area contributed by atoms with E-state index < -0.39 is 16.1 Å². The molecular formula is C17H21N3O4S. The zero-order valence-corrected chi connectivity index (χ0v) is 15.1. The van der Waals surface area contributed by atoms with Gasteiger partial charge in [0, 0.05) is 17.1 Å². The minimum absolute atomic E-state index is 0.191. The Labute approximate surface area is 147 Å². The van der Waals surface area contributed by atoms with Gasteiger partial charge in [0.15, 0.2) is 0 Å². The summed E-state index contributed by atoms with van der Waals surface area (Å²) in [5, 5.41) is 5.87. The van der Waals surface area contributed by atoms with Crippen molar-refractivity contribution in [1.29, 1.82) is 0 Å². The van der Waals surface area contributed by atoms with E-state index in [0.29, 0.717) is 22.8 Å². The van der Waals surface area contributed by atoms with E-state index >= 15 is 0 Å². The lowest BCUT2D eigenvalue weighted by atomic mass is 10.2. The van der Waals surface area contributed by atoms with Crippen molar-refractivity contribution in [2.75, 3.05) is 28.7 Å². The third-order valence-electron chi connectivity index (χ3n) is 3.32. The summed E-state index contributed by atoms with van der Waals surface area (Å²) in [5.74, 6) is 0.524. The maximum atomic E-state index is 12.2. The number of sulfonamides is 1. The molecule has 1 atom stereocenters. The first-order valence-corrected chi connectivity index (χ1v) is 9.45. The van der Waals surface area contributed by atoms with E-state index in [0.717, 1.165) is 6.26 Å². The van der Waals surface area contributed by atoms with Crippen LogP contribution in [0.2, 0.25) is 0 Å². The molecule has 1 unspecified atom stereocenters. The van der Waals surface area contributed by atoms with Crippen LogP contribution in [0.15, 0.2) is 48.5 Å². The zero-order chi connectivity index (χ0) is 18.4. The molecule has 2 rings (SSSR count). The van der Waals surface area contributed by atoms with Crippen molar-refractivity contribution in [3.8, 4) is 5.75 Å². The summed E-state index contributed by atoms with van der Waals surface area (Å²) in [7, 11) is -1.73. The predicted molar refractivity (Wildman–Crippen MR) is 99.6 cm³/mol. The number of benzene rings is 2. The van der Waals surface area contributed by atoms with E-state index in [2.05, 4.69) is 15.4 Å². The average Bonchev–Trinajstić information content (AvgIpc) is 2.56. The predicted octanol–water partition coefficient (Wildman–Crippen LogP) is 2.51. The lowest BCUT2D eigenvalue weighted by Crippen LogP contribution is -2.31. The van der Waals surface area contributed by atoms with Crippen molar-refractivity contribution in [3.05, 3.63) is 48.5 Å². The van der Waals surface area contributed by atoms with Crippen molar-refractivity contribution in [1.82, 2.24) is 0 Å². The maximum absolute atomic E-state index is 12.2. The number of hydrogen-bond donors (Lipinski definition) is 3. The van der Waals surface area contributed by atoms with Gasteiger partial charge in [0.1, 0.15) is 11.8 Å². The van der Waals surface area contributed by atoms with Crippen LogP contribution >= 0.6 is 0 Å². The Morgan fingerprint density at radius 2 is 1.48 bits per heavy atom. The second-order valence-electron chi connectivity index (χ2n) is 5.54. The van der Waals surface area contributed by atoms with Crippen molar-refractivity contribution >= 4 is 33.0 Å². The fourth-order valence-corrected chi connectivity index (χ4v) is 2.65. The molecule has 134 valence electrons. The van der Waals surface area contributed by atoms with E-state index in [9.17, 15) is 13.2 Å². The van der Waals surface area contributed by atoms with Crippen molar-refractivity contribution < 1.29 is 17.9 Å². The minimum atomic E-state index is -3.31. The summed E-state index contributed by atoms with van der Waals surface area (Å²) in [6, 6.07) is 13.2. The van der Waals surface area contributed by atoms with E-state index in [4.69, 9.17) is 4.74 Å². The molecule has 0 aliphatic carbocycles. The smallest absolute Gasteiger partial charge is 0.246 e. The highest BCUT2D eigenvalue weighted by molar-refractivity contribution is 7.92. The Hall–Kier alpha value is -2.74. The summed E-state index contributed by atoms with van der Waals surface area (Å²) in [5.41, 5.74) is 1.84. The maximum Gasteiger partial charge on any atom is 0.246 e. The molecule has 0 bridgehead atoms. The normalized spacial score (nSPS) is 12.1. The van der Waals surface area contributed by atoms with Crippen LogP contribution < -0.4 is 20.1 Å². The summed E-state index contributed by atoms with van der Waals surface area (Å²) in [6.07, 6.45) is 1.09. The zero-order valence-electron chi connectivity index (χ0n) is 14.2. The molecule has 0 heterocycles. The van der Waals surface area contributed by atoms with Gasteiger partial charge in [-0.25, -0.2) is 8.42 Å². The second kappa shape index (κ2) is 7.89. The summed E-state index contributed by atoms with van der Waals surface area (Å²) >= 11 is 0. The SMILES string of the molecule is COc1ccc(NC(=O)C(C)Nc2ccc(NS(C)(=O)=O)cc2)cc1. The van der Waals surface area contributed by atoms with Gasteiger partial charge in [0.25, 0.3) is 0 Å². The molecule has 25 heavy (non-hydrogen) atoms. The number of methoxy groups -OCH3 is 1. The second-order valence-corrected chi connectivity index (χ2v) is 7.28. The van der Waals surface area contributed by atoms with Crippen LogP contribution in [-0.4, -0.2) is 33.7 Å². The molecule has 1 amide bonds. The molecule has 0 fully saturated rings. The Kier molecular flexibility index (Phi) is 5.87. The first-order valence-electron chi connectivity index (χ1n) is 7.56. The third kappa shape index (κ3) is 6.00. The van der Waals surface area contributed by atoms with E-state index in [-0.39, 0.29) is 5.91 Å². The number of rotatable bonds is 7. The molecular weight excluding hydrogens is 342 g/mol. The van der Waals surface area contributed by atoms with Gasteiger partial charge in [-0.3, -0.25) is 9.52 Å². The summed E-state index contributed by atoms with van der Waals surface area (Å²) in [6.45, 7) is 1.74. The van der Waals surface area contributed by atoms with Gasteiger partial charge in [0.05, 0.1) is 13.4 Å². The van der Waals surface area contributed by atoms with Crippen LogP contribution in [0, 0.1) is 0 Å². The number of nitrogens with one attached hydrogen (secondary N) is 3. The van der Waals surface area contributed by atoms with E-state index in [1.807, 2.05) is 0 Å². The lowest BCUT2D eigenvalue weighted by Gasteiger charge is -2.16. The van der Waals surface area contributed by atoms with Gasteiger partial charge in [-0.1, -0.05) is 0 Å². The van der Waals surface area contributed by atoms with Gasteiger partial charge in [-0.15, -0.1) is 0 Å². The molecule has 8 heteroatoms. The van der Waals surface area contributed by atoms with Crippen molar-refractivity contribution in [2.45, 2.75) is 13.0 Å². The summed E-state index contributed by atoms with van der Waals surface area (Å²) in [4.78, 5) is 12.2. The first kappa shape index (κ1) is 18.6. The van der Waals surface area contributed by atoms with Gasteiger partial charge < -0.3 is 15.4 Å². The number of hydrogen-bond acceptors (Lipinski definition) is 5. The molecule has 7 nitrogen and oxygen atoms in total. The Morgan fingerprint density at radius 1 is 0.960 bits per heavy atom. The topological polar surface area (TPSA) is 96.5 Å². The Morgan fingerprint density at radius 3 is 2.00 bits per heavy atom. The minimum Gasteiger partial charge on any atom is -0.497 e. The fourth-order valence-electron chi connectivity index (χ4n) is 2.09. The molecule has 0 spiro atoms. The largest absolute Gasteiger partial charge is 0.497 e. The van der Waals surface area contributed by atoms with Gasteiger partial charge in [-0.05, 0) is 55.5 Å². The quantitative estimate of drug-likeness (QED) is 0.702. The molecule has 0 radical (unpaired) electrons. The number of carbonyl (C=O) groups excluding carboxylic acids is 1. The number of amides is 1. The van der Waals surface area contributed by atoms with Crippen LogP contribution in [0.3, 0.4) is 0 Å². The van der Waals surface area contributed by atoms with Gasteiger partial charge in [0.2, 0.25) is 15.9 Å². The lowest BCUT2D eigenvalue weighted by molar-refractivity contribution is -0.116. The van der Waals surface area contributed by atoms with Crippen LogP contribution in [0.5, 0.6) is 5.75 Å². The Balaban J connectivity index is 1.93. The van der Waals surface area contributed by atoms with Gasteiger partial charge in [-0.2, -0.15) is 0 Å². The summed E-state index contributed by atoms with van der Waals surface area (Å²) < 4.78 is 29.8. The third-order valence-corrected chi connectivity index (χ3v) is 3.93. The number of ether oxygens (including phenoxy) is 1. The molecule has 0 aromatic heterocycles. The molecule has 0 aliphatic heterocycles. The van der Waals surface area contributed by atoms with Crippen molar-refractivity contribution in [2.24, 2.45) is 0 Å². The van der Waals surface area contributed by atoms with Crippen molar-refractivity contribution in [3.63, 3.8) is 0 Å². The number of carbonyl (C=O) groups is 1.